The van der Waals surface area contributed by atoms with Crippen LogP contribution in [0.1, 0.15) is 25.3 Å². The monoisotopic (exact) mass is 399 g/mol. The van der Waals surface area contributed by atoms with Gasteiger partial charge >= 0.3 is 0 Å². The Hall–Kier alpha value is -2.86. The molecule has 6 nitrogen and oxygen atoms in total. The zero-order valence-electron chi connectivity index (χ0n) is 16.1. The number of nitrogens with zero attached hydrogens (tertiary/aromatic N) is 3. The van der Waals surface area contributed by atoms with Crippen LogP contribution in [0, 0.1) is 0 Å². The van der Waals surface area contributed by atoms with E-state index in [1.807, 2.05) is 56.3 Å². The van der Waals surface area contributed by atoms with E-state index in [4.69, 9.17) is 20.8 Å². The average Bonchev–Trinajstić information content (AvgIpc) is 3.15. The molecule has 0 spiro atoms. The van der Waals surface area contributed by atoms with Crippen molar-refractivity contribution in [2.24, 2.45) is 0 Å². The third-order valence-electron chi connectivity index (χ3n) is 4.33. The Labute approximate surface area is 169 Å². The Morgan fingerprint density at radius 2 is 1.86 bits per heavy atom. The molecule has 0 radical (unpaired) electrons. The summed E-state index contributed by atoms with van der Waals surface area (Å²) >= 11 is 6.19. The maximum atomic E-state index is 12.8. The van der Waals surface area contributed by atoms with Crippen LogP contribution in [0.3, 0.4) is 0 Å². The summed E-state index contributed by atoms with van der Waals surface area (Å²) in [6.07, 6.45) is 0.285. The Kier molecular flexibility index (Phi) is 6.31. The molecule has 3 rings (SSSR count). The molecule has 146 valence electrons. The minimum Gasteiger partial charge on any atom is -0.497 e. The lowest BCUT2D eigenvalue weighted by molar-refractivity contribution is -0.133. The molecule has 28 heavy (non-hydrogen) atoms. The molecule has 0 fully saturated rings. The fourth-order valence-corrected chi connectivity index (χ4v) is 3.00. The molecule has 1 aromatic heterocycles. The van der Waals surface area contributed by atoms with Crippen LogP contribution in [0.2, 0.25) is 5.02 Å². The van der Waals surface area contributed by atoms with Crippen molar-refractivity contribution in [2.45, 2.75) is 32.9 Å². The normalized spacial score (nSPS) is 10.9. The first-order valence-corrected chi connectivity index (χ1v) is 9.35. The van der Waals surface area contributed by atoms with E-state index in [0.717, 1.165) is 11.3 Å². The summed E-state index contributed by atoms with van der Waals surface area (Å²) in [5.41, 5.74) is 1.59. The average molecular weight is 400 g/mol. The molecule has 1 amide bonds. The second-order valence-electron chi connectivity index (χ2n) is 6.62. The van der Waals surface area contributed by atoms with Crippen molar-refractivity contribution in [1.82, 2.24) is 15.1 Å². The van der Waals surface area contributed by atoms with Gasteiger partial charge in [-0.15, -0.1) is 10.2 Å². The summed E-state index contributed by atoms with van der Waals surface area (Å²) in [6, 6.07) is 14.7. The molecule has 0 bridgehead atoms. The molecular formula is C21H22ClN3O3. The Morgan fingerprint density at radius 3 is 2.50 bits per heavy atom. The lowest BCUT2D eigenvalue weighted by Crippen LogP contribution is -2.37. The van der Waals surface area contributed by atoms with Gasteiger partial charge in [-0.1, -0.05) is 35.9 Å². The Balaban J connectivity index is 1.72. The predicted molar refractivity (Wildman–Crippen MR) is 107 cm³/mol. The van der Waals surface area contributed by atoms with Crippen molar-refractivity contribution >= 4 is 17.5 Å². The van der Waals surface area contributed by atoms with E-state index < -0.39 is 0 Å². The third kappa shape index (κ3) is 4.70. The summed E-state index contributed by atoms with van der Waals surface area (Å²) in [6.45, 7) is 4.15. The molecule has 1 heterocycles. The third-order valence-corrected chi connectivity index (χ3v) is 4.66. The van der Waals surface area contributed by atoms with Crippen molar-refractivity contribution in [3.63, 3.8) is 0 Å². The van der Waals surface area contributed by atoms with Crippen LogP contribution in [-0.2, 0) is 17.8 Å². The van der Waals surface area contributed by atoms with Gasteiger partial charge < -0.3 is 14.1 Å². The van der Waals surface area contributed by atoms with Gasteiger partial charge in [0.1, 0.15) is 5.75 Å². The van der Waals surface area contributed by atoms with Gasteiger partial charge in [0.2, 0.25) is 17.7 Å². The van der Waals surface area contributed by atoms with Gasteiger partial charge in [0.05, 0.1) is 30.7 Å². The van der Waals surface area contributed by atoms with E-state index in [-0.39, 0.29) is 24.9 Å². The van der Waals surface area contributed by atoms with Gasteiger partial charge in [0.25, 0.3) is 0 Å². The predicted octanol–water partition coefficient (Wildman–Crippen LogP) is 4.38. The molecular weight excluding hydrogens is 378 g/mol. The van der Waals surface area contributed by atoms with Crippen molar-refractivity contribution in [1.29, 1.82) is 0 Å². The molecule has 0 N–H and O–H groups in total. The zero-order chi connectivity index (χ0) is 20.1. The molecule has 3 aromatic rings. The van der Waals surface area contributed by atoms with Crippen LogP contribution < -0.4 is 4.74 Å². The van der Waals surface area contributed by atoms with Crippen LogP contribution in [0.5, 0.6) is 5.75 Å². The van der Waals surface area contributed by atoms with E-state index in [9.17, 15) is 4.79 Å². The maximum absolute atomic E-state index is 12.8. The van der Waals surface area contributed by atoms with E-state index >= 15 is 0 Å². The largest absolute Gasteiger partial charge is 0.497 e. The first kappa shape index (κ1) is 19.9. The number of halogens is 1. The van der Waals surface area contributed by atoms with E-state index in [1.165, 1.54) is 0 Å². The number of carbonyl (C=O) groups excluding carboxylic acids is 1. The Morgan fingerprint density at radius 1 is 1.14 bits per heavy atom. The summed E-state index contributed by atoms with van der Waals surface area (Å²) < 4.78 is 10.9. The van der Waals surface area contributed by atoms with Crippen molar-refractivity contribution in [3.05, 3.63) is 65.0 Å². The number of benzene rings is 2. The highest BCUT2D eigenvalue weighted by Crippen LogP contribution is 2.26. The van der Waals surface area contributed by atoms with Gasteiger partial charge in [-0.2, -0.15) is 0 Å². The molecule has 0 saturated heterocycles. The fraction of sp³-hybridized carbons (Fsp3) is 0.286. The summed E-state index contributed by atoms with van der Waals surface area (Å²) in [4.78, 5) is 14.5. The first-order valence-electron chi connectivity index (χ1n) is 8.97. The van der Waals surface area contributed by atoms with Crippen molar-refractivity contribution < 1.29 is 13.9 Å². The number of carbonyl (C=O) groups is 1. The zero-order valence-corrected chi connectivity index (χ0v) is 16.8. The maximum Gasteiger partial charge on any atom is 0.249 e. The molecule has 2 aromatic carbocycles. The molecule has 0 aliphatic carbocycles. The molecule has 0 saturated carbocycles. The minimum atomic E-state index is -0.0161. The van der Waals surface area contributed by atoms with Crippen molar-refractivity contribution in [2.75, 3.05) is 7.11 Å². The van der Waals surface area contributed by atoms with Crippen LogP contribution >= 0.6 is 11.6 Å². The van der Waals surface area contributed by atoms with Gasteiger partial charge in [0.15, 0.2) is 0 Å². The lowest BCUT2D eigenvalue weighted by atomic mass is 10.1. The second kappa shape index (κ2) is 8.89. The number of amides is 1. The summed E-state index contributed by atoms with van der Waals surface area (Å²) in [5, 5.41) is 8.69. The topological polar surface area (TPSA) is 68.5 Å². The lowest BCUT2D eigenvalue weighted by Gasteiger charge is -2.25. The van der Waals surface area contributed by atoms with Gasteiger partial charge in [-0.3, -0.25) is 4.79 Å². The number of methoxy groups -OCH3 is 1. The van der Waals surface area contributed by atoms with Gasteiger partial charge in [0, 0.05) is 6.04 Å². The highest BCUT2D eigenvalue weighted by atomic mass is 35.5. The number of rotatable bonds is 7. The van der Waals surface area contributed by atoms with Crippen LogP contribution in [0.25, 0.3) is 11.5 Å². The minimum absolute atomic E-state index is 0.0126. The number of hydrogen-bond donors (Lipinski definition) is 0. The first-order chi connectivity index (χ1) is 13.5. The molecule has 0 unspecified atom stereocenters. The number of ether oxygens (including phenoxy) is 1. The van der Waals surface area contributed by atoms with Crippen LogP contribution in [-0.4, -0.2) is 34.2 Å². The highest BCUT2D eigenvalue weighted by Gasteiger charge is 2.21. The smallest absolute Gasteiger partial charge is 0.249 e. The summed E-state index contributed by atoms with van der Waals surface area (Å²) in [5.74, 6) is 1.45. The summed E-state index contributed by atoms with van der Waals surface area (Å²) in [7, 11) is 1.61. The highest BCUT2D eigenvalue weighted by molar-refractivity contribution is 6.33. The number of hydrogen-bond acceptors (Lipinski definition) is 5. The van der Waals surface area contributed by atoms with E-state index in [2.05, 4.69) is 10.2 Å². The number of aromatic nitrogens is 2. The van der Waals surface area contributed by atoms with E-state index in [1.54, 1.807) is 18.1 Å². The fourth-order valence-electron chi connectivity index (χ4n) is 2.79. The standard InChI is InChI=1S/C21H22ClN3O3/c1-14(2)25(20(26)12-15-8-10-16(27-3)11-9-15)13-19-23-24-21(28-19)17-6-4-5-7-18(17)22/h4-11,14H,12-13H2,1-3H3. The van der Waals surface area contributed by atoms with Crippen LogP contribution in [0.15, 0.2) is 52.9 Å². The SMILES string of the molecule is COc1ccc(CC(=O)N(Cc2nnc(-c3ccccc3Cl)o2)C(C)C)cc1. The molecule has 0 aliphatic rings. The second-order valence-corrected chi connectivity index (χ2v) is 7.03. The van der Waals surface area contributed by atoms with E-state index in [0.29, 0.717) is 22.4 Å². The molecule has 0 atom stereocenters. The molecule has 7 heteroatoms. The quantitative estimate of drug-likeness (QED) is 0.589. The Bertz CT molecular complexity index is 938. The molecule has 0 aliphatic heterocycles. The van der Waals surface area contributed by atoms with Gasteiger partial charge in [-0.25, -0.2) is 0 Å². The van der Waals surface area contributed by atoms with Gasteiger partial charge in [-0.05, 0) is 43.7 Å². The van der Waals surface area contributed by atoms with Crippen LogP contribution in [0.4, 0.5) is 0 Å². The van der Waals surface area contributed by atoms with Crippen molar-refractivity contribution in [3.8, 4) is 17.2 Å².